The number of halogens is 2. The molecule has 2 aromatic rings. The number of carbonyl (C=O) groups excluding carboxylic acids is 2. The van der Waals surface area contributed by atoms with Crippen LogP contribution in [0, 0.1) is 11.6 Å². The molecule has 0 saturated heterocycles. The predicted molar refractivity (Wildman–Crippen MR) is 130 cm³/mol. The molecule has 0 heterocycles. The molecule has 10 heteroatoms. The van der Waals surface area contributed by atoms with Gasteiger partial charge in [0.05, 0.1) is 11.9 Å². The van der Waals surface area contributed by atoms with Gasteiger partial charge in [0.1, 0.15) is 12.6 Å². The second-order valence-corrected chi connectivity index (χ2v) is 10.7. The summed E-state index contributed by atoms with van der Waals surface area (Å²) in [6.45, 7) is 1.21. The van der Waals surface area contributed by atoms with Gasteiger partial charge < -0.3 is 10.2 Å². The Hall–Kier alpha value is -3.01. The average molecular weight is 508 g/mol. The Bertz CT molecular complexity index is 1140. The van der Waals surface area contributed by atoms with Crippen LogP contribution in [0.15, 0.2) is 48.5 Å². The molecule has 190 valence electrons. The van der Waals surface area contributed by atoms with E-state index in [0.29, 0.717) is 6.42 Å². The number of anilines is 1. The molecule has 1 aliphatic rings. The van der Waals surface area contributed by atoms with Crippen LogP contribution in [0.4, 0.5) is 14.5 Å². The maximum Gasteiger partial charge on any atom is 0.244 e. The van der Waals surface area contributed by atoms with Crippen LogP contribution >= 0.6 is 0 Å². The minimum Gasteiger partial charge on any atom is -0.352 e. The fourth-order valence-corrected chi connectivity index (χ4v) is 5.16. The van der Waals surface area contributed by atoms with E-state index in [2.05, 4.69) is 5.32 Å². The molecule has 1 fully saturated rings. The molecule has 2 amide bonds. The van der Waals surface area contributed by atoms with Gasteiger partial charge in [-0.3, -0.25) is 13.9 Å². The summed E-state index contributed by atoms with van der Waals surface area (Å²) >= 11 is 0. The molecule has 7 nitrogen and oxygen atoms in total. The molecular formula is C25H31F2N3O4S. The number of hydrogen-bond acceptors (Lipinski definition) is 4. The van der Waals surface area contributed by atoms with Gasteiger partial charge in [-0.25, -0.2) is 17.2 Å². The molecule has 0 aromatic heterocycles. The standard InChI is InChI=1S/C25H31F2N3O4S/c1-3-23(25(32)28-19-11-7-8-12-19)29(16-18-9-5-4-6-10-18)24(31)17-30(35(2,33)34)20-13-14-21(26)22(27)15-20/h4-6,9-10,13-15,19,23H,3,7-8,11-12,16-17H2,1-2H3,(H,28,32). The number of sulfonamides is 1. The topological polar surface area (TPSA) is 86.8 Å². The van der Waals surface area contributed by atoms with Gasteiger partial charge in [0.15, 0.2) is 11.6 Å². The number of nitrogens with zero attached hydrogens (tertiary/aromatic N) is 2. The van der Waals surface area contributed by atoms with Crippen LogP contribution in [-0.2, 0) is 26.2 Å². The van der Waals surface area contributed by atoms with Crippen molar-refractivity contribution in [3.63, 3.8) is 0 Å². The van der Waals surface area contributed by atoms with Gasteiger partial charge in [-0.05, 0) is 37.0 Å². The minimum atomic E-state index is -4.02. The Morgan fingerprint density at radius 1 is 1.06 bits per heavy atom. The van der Waals surface area contributed by atoms with Gasteiger partial charge >= 0.3 is 0 Å². The fraction of sp³-hybridized carbons (Fsp3) is 0.440. The van der Waals surface area contributed by atoms with E-state index in [-0.39, 0.29) is 24.2 Å². The quantitative estimate of drug-likeness (QED) is 0.533. The van der Waals surface area contributed by atoms with Gasteiger partial charge in [-0.15, -0.1) is 0 Å². The third-order valence-corrected chi connectivity index (χ3v) is 7.29. The molecule has 2 aromatic carbocycles. The Kier molecular flexibility index (Phi) is 8.82. The molecule has 35 heavy (non-hydrogen) atoms. The predicted octanol–water partition coefficient (Wildman–Crippen LogP) is 3.60. The van der Waals surface area contributed by atoms with Crippen LogP contribution in [-0.4, -0.2) is 50.0 Å². The summed E-state index contributed by atoms with van der Waals surface area (Å²) in [5, 5.41) is 3.02. The largest absolute Gasteiger partial charge is 0.352 e. The van der Waals surface area contributed by atoms with Crippen molar-refractivity contribution < 1.29 is 26.8 Å². The summed E-state index contributed by atoms with van der Waals surface area (Å²) in [5.41, 5.74) is 0.592. The molecule has 1 unspecified atom stereocenters. The van der Waals surface area contributed by atoms with Crippen molar-refractivity contribution in [1.29, 1.82) is 0 Å². The van der Waals surface area contributed by atoms with Crippen LogP contribution in [0.1, 0.15) is 44.6 Å². The van der Waals surface area contributed by atoms with Gasteiger partial charge in [-0.1, -0.05) is 50.1 Å². The van der Waals surface area contributed by atoms with Crippen molar-refractivity contribution in [1.82, 2.24) is 10.2 Å². The summed E-state index contributed by atoms with van der Waals surface area (Å²) in [4.78, 5) is 28.1. The highest BCUT2D eigenvalue weighted by molar-refractivity contribution is 7.92. The zero-order valence-corrected chi connectivity index (χ0v) is 20.7. The second kappa shape index (κ2) is 11.6. The van der Waals surface area contributed by atoms with Crippen LogP contribution in [0.5, 0.6) is 0 Å². The Balaban J connectivity index is 1.91. The maximum atomic E-state index is 13.8. The number of amides is 2. The summed E-state index contributed by atoms with van der Waals surface area (Å²) in [6, 6.07) is 10.9. The molecule has 1 atom stereocenters. The number of carbonyl (C=O) groups is 2. The maximum absolute atomic E-state index is 13.8. The Labute approximate surface area is 205 Å². The van der Waals surface area contributed by atoms with Gasteiger partial charge in [0.2, 0.25) is 21.8 Å². The second-order valence-electron chi connectivity index (χ2n) is 8.79. The van der Waals surface area contributed by atoms with Crippen molar-refractivity contribution in [2.75, 3.05) is 17.1 Å². The molecule has 1 saturated carbocycles. The SMILES string of the molecule is CCC(C(=O)NC1CCCC1)N(Cc1ccccc1)C(=O)CN(c1ccc(F)c(F)c1)S(C)(=O)=O. The third kappa shape index (κ3) is 7.00. The first-order chi connectivity index (χ1) is 16.6. The normalized spacial score (nSPS) is 15.0. The fourth-order valence-electron chi connectivity index (χ4n) is 4.32. The minimum absolute atomic E-state index is 0.0555. The van der Waals surface area contributed by atoms with Crippen molar-refractivity contribution in [3.8, 4) is 0 Å². The smallest absolute Gasteiger partial charge is 0.244 e. The highest BCUT2D eigenvalue weighted by atomic mass is 32.2. The van der Waals surface area contributed by atoms with Gasteiger partial charge in [0.25, 0.3) is 0 Å². The Morgan fingerprint density at radius 2 is 1.71 bits per heavy atom. The van der Waals surface area contributed by atoms with E-state index in [9.17, 15) is 26.8 Å². The van der Waals surface area contributed by atoms with Crippen LogP contribution in [0.2, 0.25) is 0 Å². The molecule has 0 aliphatic heterocycles. The van der Waals surface area contributed by atoms with E-state index in [1.165, 1.54) is 4.90 Å². The van der Waals surface area contributed by atoms with Crippen LogP contribution in [0.3, 0.4) is 0 Å². The molecule has 1 aliphatic carbocycles. The summed E-state index contributed by atoms with van der Waals surface area (Å²) in [6.07, 6.45) is 5.03. The van der Waals surface area contributed by atoms with Crippen molar-refractivity contribution in [2.45, 2.75) is 57.7 Å². The van der Waals surface area contributed by atoms with Crippen molar-refractivity contribution >= 4 is 27.5 Å². The molecule has 1 N–H and O–H groups in total. The molecular weight excluding hydrogens is 476 g/mol. The zero-order chi connectivity index (χ0) is 25.6. The lowest BCUT2D eigenvalue weighted by molar-refractivity contribution is -0.140. The molecule has 3 rings (SSSR count). The van der Waals surface area contributed by atoms with Gasteiger partial charge in [0, 0.05) is 18.7 Å². The monoisotopic (exact) mass is 507 g/mol. The Morgan fingerprint density at radius 3 is 2.29 bits per heavy atom. The number of nitrogens with one attached hydrogen (secondary N) is 1. The summed E-state index contributed by atoms with van der Waals surface area (Å²) < 4.78 is 53.0. The number of rotatable bonds is 10. The van der Waals surface area contributed by atoms with E-state index in [4.69, 9.17) is 0 Å². The number of hydrogen-bond donors (Lipinski definition) is 1. The first-order valence-corrected chi connectivity index (χ1v) is 13.5. The van der Waals surface area contributed by atoms with Crippen molar-refractivity contribution in [2.24, 2.45) is 0 Å². The molecule has 0 bridgehead atoms. The number of benzene rings is 2. The van der Waals surface area contributed by atoms with Crippen LogP contribution in [0.25, 0.3) is 0 Å². The highest BCUT2D eigenvalue weighted by Gasteiger charge is 2.33. The van der Waals surface area contributed by atoms with Crippen LogP contribution < -0.4 is 9.62 Å². The first-order valence-electron chi connectivity index (χ1n) is 11.7. The lowest BCUT2D eigenvalue weighted by atomic mass is 10.1. The summed E-state index contributed by atoms with van der Waals surface area (Å²) in [5.74, 6) is -3.28. The van der Waals surface area contributed by atoms with E-state index >= 15 is 0 Å². The molecule has 0 radical (unpaired) electrons. The van der Waals surface area contributed by atoms with E-state index in [1.54, 1.807) is 6.92 Å². The van der Waals surface area contributed by atoms with E-state index in [1.807, 2.05) is 30.3 Å². The van der Waals surface area contributed by atoms with E-state index < -0.39 is 40.2 Å². The van der Waals surface area contributed by atoms with Gasteiger partial charge in [-0.2, -0.15) is 0 Å². The molecule has 0 spiro atoms. The lowest BCUT2D eigenvalue weighted by Gasteiger charge is -2.33. The van der Waals surface area contributed by atoms with E-state index in [0.717, 1.165) is 60.0 Å². The lowest BCUT2D eigenvalue weighted by Crippen LogP contribution is -2.53. The average Bonchev–Trinajstić information content (AvgIpc) is 3.32. The third-order valence-electron chi connectivity index (χ3n) is 6.15. The first kappa shape index (κ1) is 26.6. The highest BCUT2D eigenvalue weighted by Crippen LogP contribution is 2.23. The van der Waals surface area contributed by atoms with Crippen molar-refractivity contribution in [3.05, 3.63) is 65.7 Å². The summed E-state index contributed by atoms with van der Waals surface area (Å²) in [7, 11) is -4.02. The zero-order valence-electron chi connectivity index (χ0n) is 19.9.